The molecular weight excluding hydrogens is 574 g/mol. The van der Waals surface area contributed by atoms with E-state index in [1.807, 2.05) is 24.3 Å². The molecule has 3 heteroatoms. The number of anilines is 3. The average Bonchev–Trinajstić information content (AvgIpc) is 3.70. The zero-order valence-corrected chi connectivity index (χ0v) is 25.4. The number of rotatable bonds is 4. The van der Waals surface area contributed by atoms with E-state index in [1.54, 1.807) is 0 Å². The summed E-state index contributed by atoms with van der Waals surface area (Å²) in [7, 11) is 0. The van der Waals surface area contributed by atoms with Gasteiger partial charge in [-0.2, -0.15) is 0 Å². The van der Waals surface area contributed by atoms with Gasteiger partial charge in [0.2, 0.25) is 0 Å². The first kappa shape index (κ1) is 26.0. The second-order valence-corrected chi connectivity index (χ2v) is 12.0. The maximum atomic E-state index is 7.02. The van der Waals surface area contributed by atoms with Gasteiger partial charge in [0, 0.05) is 38.5 Å². The molecule has 0 bridgehead atoms. The van der Waals surface area contributed by atoms with Gasteiger partial charge in [-0.3, -0.25) is 0 Å². The molecule has 3 nitrogen and oxygen atoms in total. The number of hydrogen-bond acceptors (Lipinski definition) is 3. The third kappa shape index (κ3) is 3.87. The molecule has 10 rings (SSSR count). The highest BCUT2D eigenvalue weighted by Gasteiger charge is 2.25. The van der Waals surface area contributed by atoms with Gasteiger partial charge in [-0.25, -0.2) is 0 Å². The number of fused-ring (bicyclic) bond motifs is 10. The van der Waals surface area contributed by atoms with E-state index in [2.05, 4.69) is 144 Å². The van der Waals surface area contributed by atoms with Crippen molar-refractivity contribution in [1.82, 2.24) is 0 Å². The van der Waals surface area contributed by atoms with Gasteiger partial charge in [0.05, 0.1) is 5.69 Å². The Morgan fingerprint density at radius 3 is 1.70 bits per heavy atom. The molecule has 0 radical (unpaired) electrons. The maximum absolute atomic E-state index is 7.02. The van der Waals surface area contributed by atoms with Crippen LogP contribution in [0.2, 0.25) is 0 Å². The summed E-state index contributed by atoms with van der Waals surface area (Å²) in [6, 6.07) is 57.7. The van der Waals surface area contributed by atoms with Crippen molar-refractivity contribution in [2.24, 2.45) is 0 Å². The fourth-order valence-electron chi connectivity index (χ4n) is 7.42. The van der Waals surface area contributed by atoms with Gasteiger partial charge in [-0.1, -0.05) is 103 Å². The van der Waals surface area contributed by atoms with E-state index in [0.717, 1.165) is 72.1 Å². The highest BCUT2D eigenvalue weighted by atomic mass is 16.3. The fraction of sp³-hybridized carbons (Fsp3) is 0. The lowest BCUT2D eigenvalue weighted by Crippen LogP contribution is -2.11. The summed E-state index contributed by atoms with van der Waals surface area (Å²) in [6.07, 6.45) is 0. The summed E-state index contributed by atoms with van der Waals surface area (Å²) >= 11 is 0. The van der Waals surface area contributed by atoms with E-state index in [9.17, 15) is 0 Å². The molecule has 10 aromatic rings. The van der Waals surface area contributed by atoms with E-state index in [0.29, 0.717) is 0 Å². The smallest absolute Gasteiger partial charge is 0.145 e. The Bertz CT molecular complexity index is 2750. The van der Waals surface area contributed by atoms with Crippen LogP contribution in [-0.4, -0.2) is 0 Å². The van der Waals surface area contributed by atoms with Crippen molar-refractivity contribution in [3.8, 4) is 11.1 Å². The zero-order valence-electron chi connectivity index (χ0n) is 25.4. The first-order chi connectivity index (χ1) is 23.3. The molecule has 0 amide bonds. The Morgan fingerprint density at radius 2 is 0.957 bits per heavy atom. The summed E-state index contributed by atoms with van der Waals surface area (Å²) in [5.41, 5.74) is 8.80. The average molecular weight is 602 g/mol. The van der Waals surface area contributed by atoms with Crippen LogP contribution in [0.15, 0.2) is 173 Å². The van der Waals surface area contributed by atoms with E-state index < -0.39 is 0 Å². The lowest BCUT2D eigenvalue weighted by atomic mass is 9.90. The van der Waals surface area contributed by atoms with Crippen LogP contribution in [0.3, 0.4) is 0 Å². The Balaban J connectivity index is 1.41. The highest BCUT2D eigenvalue weighted by molar-refractivity contribution is 6.28. The van der Waals surface area contributed by atoms with Gasteiger partial charge in [0.25, 0.3) is 0 Å². The third-order valence-electron chi connectivity index (χ3n) is 9.43. The molecule has 8 aromatic carbocycles. The van der Waals surface area contributed by atoms with Crippen molar-refractivity contribution < 1.29 is 8.83 Å². The minimum absolute atomic E-state index is 0.841. The lowest BCUT2D eigenvalue weighted by molar-refractivity contribution is 0.663. The number of hydrogen-bond donors (Lipinski definition) is 0. The summed E-state index contributed by atoms with van der Waals surface area (Å²) in [6.45, 7) is 0. The molecule has 0 atom stereocenters. The van der Waals surface area contributed by atoms with Gasteiger partial charge in [0.1, 0.15) is 22.3 Å². The molecular formula is C44H27NO2. The van der Waals surface area contributed by atoms with Crippen LogP contribution in [0.1, 0.15) is 0 Å². The van der Waals surface area contributed by atoms with E-state index in [4.69, 9.17) is 8.83 Å². The van der Waals surface area contributed by atoms with Gasteiger partial charge >= 0.3 is 0 Å². The van der Waals surface area contributed by atoms with Gasteiger partial charge < -0.3 is 13.7 Å². The van der Waals surface area contributed by atoms with Crippen molar-refractivity contribution in [3.05, 3.63) is 164 Å². The SMILES string of the molecule is c1ccc(N(c2ccccc2)c2ccc3c(oc4ccc5oc6ccccc6c5c43)c2-c2cc3ccccc3c3ccccc23)cc1. The molecule has 0 aliphatic heterocycles. The second-order valence-electron chi connectivity index (χ2n) is 12.0. The normalized spacial score (nSPS) is 11.8. The first-order valence-corrected chi connectivity index (χ1v) is 15.9. The van der Waals surface area contributed by atoms with Crippen molar-refractivity contribution in [2.45, 2.75) is 0 Å². The van der Waals surface area contributed by atoms with E-state index in [1.165, 1.54) is 21.5 Å². The van der Waals surface area contributed by atoms with Crippen molar-refractivity contribution in [2.75, 3.05) is 4.90 Å². The number of para-hydroxylation sites is 3. The van der Waals surface area contributed by atoms with Gasteiger partial charge in [-0.15, -0.1) is 0 Å². The molecule has 0 aliphatic carbocycles. The zero-order chi connectivity index (χ0) is 30.9. The molecule has 0 aliphatic rings. The minimum atomic E-state index is 0.841. The van der Waals surface area contributed by atoms with E-state index >= 15 is 0 Å². The molecule has 2 aromatic heterocycles. The van der Waals surface area contributed by atoms with Crippen LogP contribution >= 0.6 is 0 Å². The predicted molar refractivity (Wildman–Crippen MR) is 196 cm³/mol. The fourth-order valence-corrected chi connectivity index (χ4v) is 7.42. The molecule has 2 heterocycles. The molecule has 220 valence electrons. The van der Waals surface area contributed by atoms with Gasteiger partial charge in [-0.05, 0) is 87.8 Å². The molecule has 0 N–H and O–H groups in total. The molecule has 0 fully saturated rings. The molecule has 0 unspecified atom stereocenters. The summed E-state index contributed by atoms with van der Waals surface area (Å²) in [5, 5.41) is 9.14. The monoisotopic (exact) mass is 601 g/mol. The molecule has 0 spiro atoms. The molecule has 0 saturated carbocycles. The Kier molecular flexibility index (Phi) is 5.57. The van der Waals surface area contributed by atoms with Crippen LogP contribution < -0.4 is 4.90 Å². The molecule has 0 saturated heterocycles. The number of furan rings is 2. The second kappa shape index (κ2) is 10.1. The highest BCUT2D eigenvalue weighted by Crippen LogP contribution is 2.50. The largest absolute Gasteiger partial charge is 0.456 e. The summed E-state index contributed by atoms with van der Waals surface area (Å²) in [5.74, 6) is 0. The van der Waals surface area contributed by atoms with Crippen molar-refractivity contribution >= 4 is 82.5 Å². The quantitative estimate of drug-likeness (QED) is 0.188. The standard InChI is InChI=1S/C44H27NO2/c1-3-14-29(15-4-1)45(30-16-5-2-6-17-30)37-24-23-35-43-40(26-25-39-42(43)34-21-11-12-22-38(34)46-39)47-44(35)41(37)36-27-28-13-7-8-18-31(28)32-19-9-10-20-33(32)36/h1-27H. The van der Waals surface area contributed by atoms with Crippen LogP contribution in [0.25, 0.3) is 76.5 Å². The maximum Gasteiger partial charge on any atom is 0.145 e. The first-order valence-electron chi connectivity index (χ1n) is 15.9. The third-order valence-corrected chi connectivity index (χ3v) is 9.43. The predicted octanol–water partition coefficient (Wildman–Crippen LogP) is 12.9. The van der Waals surface area contributed by atoms with E-state index in [-0.39, 0.29) is 0 Å². The number of nitrogens with zero attached hydrogens (tertiary/aromatic N) is 1. The minimum Gasteiger partial charge on any atom is -0.456 e. The Labute approximate surface area is 270 Å². The van der Waals surface area contributed by atoms with Crippen LogP contribution in [0.5, 0.6) is 0 Å². The van der Waals surface area contributed by atoms with Crippen LogP contribution in [0, 0.1) is 0 Å². The topological polar surface area (TPSA) is 29.5 Å². The Hall–Kier alpha value is -6.32. The van der Waals surface area contributed by atoms with Crippen molar-refractivity contribution in [3.63, 3.8) is 0 Å². The van der Waals surface area contributed by atoms with Gasteiger partial charge in [0.15, 0.2) is 0 Å². The van der Waals surface area contributed by atoms with Crippen molar-refractivity contribution in [1.29, 1.82) is 0 Å². The van der Waals surface area contributed by atoms with Crippen LogP contribution in [-0.2, 0) is 0 Å². The lowest BCUT2D eigenvalue weighted by Gasteiger charge is -2.28. The Morgan fingerprint density at radius 1 is 0.383 bits per heavy atom. The number of benzene rings is 8. The summed E-state index contributed by atoms with van der Waals surface area (Å²) < 4.78 is 13.3. The summed E-state index contributed by atoms with van der Waals surface area (Å²) in [4.78, 5) is 2.34. The molecule has 47 heavy (non-hydrogen) atoms. The van der Waals surface area contributed by atoms with Crippen LogP contribution in [0.4, 0.5) is 17.1 Å².